The molecule has 1 aliphatic carbocycles. The molecule has 0 bridgehead atoms. The Morgan fingerprint density at radius 2 is 1.76 bits per heavy atom. The molecule has 1 aromatic carbocycles. The molecule has 1 saturated carbocycles. The number of anilines is 1. The Morgan fingerprint density at radius 3 is 2.29 bits per heavy atom. The maximum atomic E-state index is 12.2. The Morgan fingerprint density at radius 1 is 1.18 bits per heavy atom. The third-order valence-electron chi connectivity index (χ3n) is 3.90. The van der Waals surface area contributed by atoms with Crippen LogP contribution in [0.4, 0.5) is 5.69 Å². The molecule has 17 heavy (non-hydrogen) atoms. The summed E-state index contributed by atoms with van der Waals surface area (Å²) >= 11 is 0. The summed E-state index contributed by atoms with van der Waals surface area (Å²) in [6, 6.07) is 7.87. The molecule has 1 aliphatic heterocycles. The summed E-state index contributed by atoms with van der Waals surface area (Å²) in [6.07, 6.45) is 1.34. The summed E-state index contributed by atoms with van der Waals surface area (Å²) in [5.74, 6) is 1.81. The largest absolute Gasteiger partial charge is 0.378 e. The van der Waals surface area contributed by atoms with E-state index < -0.39 is 0 Å². The van der Waals surface area contributed by atoms with Gasteiger partial charge in [-0.3, -0.25) is 4.79 Å². The van der Waals surface area contributed by atoms with Crippen LogP contribution in [0.3, 0.4) is 0 Å². The summed E-state index contributed by atoms with van der Waals surface area (Å²) in [5, 5.41) is 0. The lowest BCUT2D eigenvalue weighted by Crippen LogP contribution is -2.30. The fourth-order valence-electron chi connectivity index (χ4n) is 2.65. The van der Waals surface area contributed by atoms with Gasteiger partial charge in [0, 0.05) is 38.4 Å². The maximum absolute atomic E-state index is 12.2. The van der Waals surface area contributed by atoms with Crippen molar-refractivity contribution in [3.05, 3.63) is 29.8 Å². The molecule has 1 amide bonds. The van der Waals surface area contributed by atoms with Gasteiger partial charge < -0.3 is 9.80 Å². The highest BCUT2D eigenvalue weighted by Gasteiger charge is 2.46. The van der Waals surface area contributed by atoms with E-state index in [0.717, 1.165) is 36.2 Å². The van der Waals surface area contributed by atoms with Crippen LogP contribution in [0.1, 0.15) is 16.8 Å². The lowest BCUT2D eigenvalue weighted by Gasteiger charge is -2.18. The monoisotopic (exact) mass is 230 g/mol. The number of likely N-dealkylation sites (tertiary alicyclic amines) is 1. The van der Waals surface area contributed by atoms with Crippen LogP contribution in [0.2, 0.25) is 0 Å². The highest BCUT2D eigenvalue weighted by atomic mass is 16.2. The van der Waals surface area contributed by atoms with Gasteiger partial charge in [-0.1, -0.05) is 0 Å². The van der Waals surface area contributed by atoms with Gasteiger partial charge in [0.1, 0.15) is 0 Å². The van der Waals surface area contributed by atoms with E-state index in [1.807, 2.05) is 48.2 Å². The van der Waals surface area contributed by atoms with Crippen LogP contribution in [0.15, 0.2) is 24.3 Å². The average molecular weight is 230 g/mol. The first kappa shape index (κ1) is 10.6. The van der Waals surface area contributed by atoms with Crippen LogP contribution in [-0.4, -0.2) is 38.0 Å². The van der Waals surface area contributed by atoms with E-state index >= 15 is 0 Å². The first-order valence-corrected chi connectivity index (χ1v) is 6.22. The van der Waals surface area contributed by atoms with Gasteiger partial charge in [0.15, 0.2) is 0 Å². The van der Waals surface area contributed by atoms with Gasteiger partial charge >= 0.3 is 0 Å². The van der Waals surface area contributed by atoms with E-state index in [4.69, 9.17) is 0 Å². The molecule has 2 fully saturated rings. The number of fused-ring (bicyclic) bond motifs is 1. The van der Waals surface area contributed by atoms with E-state index in [0.29, 0.717) is 0 Å². The molecular formula is C14H18N2O. The predicted molar refractivity (Wildman–Crippen MR) is 68.3 cm³/mol. The quantitative estimate of drug-likeness (QED) is 0.774. The second-order valence-electron chi connectivity index (χ2n) is 5.41. The van der Waals surface area contributed by atoms with Gasteiger partial charge in [-0.15, -0.1) is 0 Å². The molecule has 3 heteroatoms. The summed E-state index contributed by atoms with van der Waals surface area (Å²) in [7, 11) is 4.01. The number of benzene rings is 1. The van der Waals surface area contributed by atoms with Crippen LogP contribution in [-0.2, 0) is 0 Å². The number of hydrogen-bond donors (Lipinski definition) is 0. The topological polar surface area (TPSA) is 23.6 Å². The summed E-state index contributed by atoms with van der Waals surface area (Å²) in [5.41, 5.74) is 1.95. The third kappa shape index (κ3) is 1.90. The number of rotatable bonds is 2. The number of carbonyl (C=O) groups is 1. The Labute approximate surface area is 102 Å². The number of piperidine rings is 1. The fourth-order valence-corrected chi connectivity index (χ4v) is 2.65. The maximum Gasteiger partial charge on any atom is 0.253 e. The van der Waals surface area contributed by atoms with Crippen molar-refractivity contribution in [2.45, 2.75) is 6.42 Å². The minimum atomic E-state index is 0.197. The second kappa shape index (κ2) is 3.76. The van der Waals surface area contributed by atoms with Gasteiger partial charge in [0.2, 0.25) is 0 Å². The summed E-state index contributed by atoms with van der Waals surface area (Å²) < 4.78 is 0. The lowest BCUT2D eigenvalue weighted by atomic mass is 10.1. The van der Waals surface area contributed by atoms with E-state index in [2.05, 4.69) is 0 Å². The van der Waals surface area contributed by atoms with Gasteiger partial charge in [-0.2, -0.15) is 0 Å². The van der Waals surface area contributed by atoms with Crippen LogP contribution in [0.5, 0.6) is 0 Å². The average Bonchev–Trinajstić information content (AvgIpc) is 2.95. The van der Waals surface area contributed by atoms with Crippen LogP contribution < -0.4 is 4.90 Å². The van der Waals surface area contributed by atoms with Crippen molar-refractivity contribution in [1.82, 2.24) is 4.90 Å². The predicted octanol–water partition coefficient (Wildman–Crippen LogP) is 1.84. The number of amides is 1. The van der Waals surface area contributed by atoms with Crippen molar-refractivity contribution in [2.24, 2.45) is 11.8 Å². The molecule has 2 aliphatic rings. The van der Waals surface area contributed by atoms with Gasteiger partial charge in [0.25, 0.3) is 5.91 Å². The zero-order chi connectivity index (χ0) is 12.0. The van der Waals surface area contributed by atoms with E-state index in [-0.39, 0.29) is 5.91 Å². The summed E-state index contributed by atoms with van der Waals surface area (Å²) in [4.78, 5) is 16.3. The molecule has 3 nitrogen and oxygen atoms in total. The van der Waals surface area contributed by atoms with Gasteiger partial charge in [-0.25, -0.2) is 0 Å². The van der Waals surface area contributed by atoms with Crippen molar-refractivity contribution >= 4 is 11.6 Å². The Balaban J connectivity index is 1.72. The first-order chi connectivity index (χ1) is 8.15. The molecular weight excluding hydrogens is 212 g/mol. The first-order valence-electron chi connectivity index (χ1n) is 6.22. The Hall–Kier alpha value is -1.51. The SMILES string of the molecule is CN(C)c1ccc(C(=O)N2CC3CC3C2)cc1. The molecule has 1 saturated heterocycles. The van der Waals surface area contributed by atoms with Crippen molar-refractivity contribution in [3.8, 4) is 0 Å². The number of hydrogen-bond acceptors (Lipinski definition) is 2. The normalized spacial score (nSPS) is 25.6. The van der Waals surface area contributed by atoms with Crippen molar-refractivity contribution in [1.29, 1.82) is 0 Å². The molecule has 90 valence electrons. The van der Waals surface area contributed by atoms with Crippen molar-refractivity contribution in [2.75, 3.05) is 32.1 Å². The molecule has 1 heterocycles. The van der Waals surface area contributed by atoms with Crippen molar-refractivity contribution < 1.29 is 4.79 Å². The van der Waals surface area contributed by atoms with E-state index in [1.165, 1.54) is 6.42 Å². The molecule has 0 spiro atoms. The molecule has 0 radical (unpaired) electrons. The fraction of sp³-hybridized carbons (Fsp3) is 0.500. The van der Waals surface area contributed by atoms with Crippen LogP contribution in [0.25, 0.3) is 0 Å². The Kier molecular flexibility index (Phi) is 2.35. The minimum absolute atomic E-state index is 0.197. The zero-order valence-electron chi connectivity index (χ0n) is 10.4. The molecule has 1 aromatic rings. The zero-order valence-corrected chi connectivity index (χ0v) is 10.4. The van der Waals surface area contributed by atoms with Gasteiger partial charge in [-0.05, 0) is 42.5 Å². The number of nitrogens with zero attached hydrogens (tertiary/aromatic N) is 2. The lowest BCUT2D eigenvalue weighted by molar-refractivity contribution is 0.0775. The molecule has 2 unspecified atom stereocenters. The summed E-state index contributed by atoms with van der Waals surface area (Å²) in [6.45, 7) is 1.94. The molecule has 0 aromatic heterocycles. The van der Waals surface area contributed by atoms with Gasteiger partial charge in [0.05, 0.1) is 0 Å². The molecule has 3 rings (SSSR count). The smallest absolute Gasteiger partial charge is 0.253 e. The standard InChI is InChI=1S/C14H18N2O/c1-15(2)13-5-3-10(4-6-13)14(17)16-8-11-7-12(11)9-16/h3-6,11-12H,7-9H2,1-2H3. The minimum Gasteiger partial charge on any atom is -0.378 e. The second-order valence-corrected chi connectivity index (χ2v) is 5.41. The van der Waals surface area contributed by atoms with Crippen LogP contribution >= 0.6 is 0 Å². The number of carbonyl (C=O) groups excluding carboxylic acids is 1. The Bertz CT molecular complexity index is 428. The van der Waals surface area contributed by atoms with E-state index in [1.54, 1.807) is 0 Å². The molecule has 0 N–H and O–H groups in total. The third-order valence-corrected chi connectivity index (χ3v) is 3.90. The highest BCUT2D eigenvalue weighted by Crippen LogP contribution is 2.45. The highest BCUT2D eigenvalue weighted by molar-refractivity contribution is 5.94. The van der Waals surface area contributed by atoms with Crippen LogP contribution in [0, 0.1) is 11.8 Å². The van der Waals surface area contributed by atoms with Crippen molar-refractivity contribution in [3.63, 3.8) is 0 Å². The van der Waals surface area contributed by atoms with E-state index in [9.17, 15) is 4.79 Å². The molecule has 2 atom stereocenters.